The van der Waals surface area contributed by atoms with E-state index in [0.717, 1.165) is 17.9 Å². The topological polar surface area (TPSA) is 68.5 Å². The van der Waals surface area contributed by atoms with E-state index in [2.05, 4.69) is 10.7 Å². The van der Waals surface area contributed by atoms with Gasteiger partial charge in [-0.2, -0.15) is 0 Å². The summed E-state index contributed by atoms with van der Waals surface area (Å²) in [5.74, 6) is 6.73. The van der Waals surface area contributed by atoms with Crippen molar-refractivity contribution in [3.05, 3.63) is 23.7 Å². The van der Waals surface area contributed by atoms with E-state index >= 15 is 0 Å². The monoisotopic (exact) mass is 229 g/mol. The number of hydrogen-bond donors (Lipinski definition) is 3. The molecular weight excluding hydrogens is 214 g/mol. The molecule has 0 saturated carbocycles. The lowest BCUT2D eigenvalue weighted by Crippen LogP contribution is -2.46. The maximum Gasteiger partial charge on any atom is 0.181 e. The largest absolute Gasteiger partial charge is 0.499 e. The molecule has 1 aliphatic rings. The maximum absolute atomic E-state index is 5.23. The minimum absolute atomic E-state index is 0.00236. The second kappa shape index (κ2) is 5.57. The maximum atomic E-state index is 5.23. The average molecular weight is 229 g/mol. The Labute approximate surface area is 94.3 Å². The minimum Gasteiger partial charge on any atom is -0.499 e. The Kier molecular flexibility index (Phi) is 4.38. The highest BCUT2D eigenvalue weighted by Crippen LogP contribution is 2.18. The molecule has 0 aromatic carbocycles. The zero-order chi connectivity index (χ0) is 11.3. The van der Waals surface area contributed by atoms with Crippen LogP contribution in [0.4, 0.5) is 0 Å². The number of thiocarbonyl (C=S) groups is 1. The summed E-state index contributed by atoms with van der Waals surface area (Å²) in [4.78, 5) is 0. The Morgan fingerprint density at radius 2 is 2.27 bits per heavy atom. The molecule has 1 atom stereocenters. The number of nitrogens with two attached hydrogens (primary N) is 1. The highest BCUT2D eigenvalue weighted by molar-refractivity contribution is 7.80. The summed E-state index contributed by atoms with van der Waals surface area (Å²) in [6.07, 6.45) is 4.52. The predicted octanol–water partition coefficient (Wildman–Crippen LogP) is 0.157. The van der Waals surface area contributed by atoms with E-state index in [1.807, 2.05) is 12.2 Å². The number of ether oxygens (including phenoxy) is 2. The van der Waals surface area contributed by atoms with E-state index in [4.69, 9.17) is 27.5 Å². The SMILES string of the molecule is COC1=CCC(NC(=S)NN)C(OC)=C1. The molecule has 84 valence electrons. The van der Waals surface area contributed by atoms with Gasteiger partial charge in [-0.3, -0.25) is 0 Å². The third kappa shape index (κ3) is 3.10. The van der Waals surface area contributed by atoms with E-state index in [9.17, 15) is 0 Å². The average Bonchev–Trinajstić information content (AvgIpc) is 2.29. The molecule has 0 bridgehead atoms. The summed E-state index contributed by atoms with van der Waals surface area (Å²) < 4.78 is 10.3. The van der Waals surface area contributed by atoms with Gasteiger partial charge in [0.05, 0.1) is 20.3 Å². The van der Waals surface area contributed by atoms with Crippen LogP contribution in [0, 0.1) is 0 Å². The van der Waals surface area contributed by atoms with Crippen molar-refractivity contribution in [1.82, 2.24) is 10.7 Å². The Bertz CT molecular complexity index is 302. The van der Waals surface area contributed by atoms with E-state index in [-0.39, 0.29) is 6.04 Å². The van der Waals surface area contributed by atoms with Gasteiger partial charge >= 0.3 is 0 Å². The van der Waals surface area contributed by atoms with Crippen LogP contribution < -0.4 is 16.6 Å². The number of hydrazine groups is 1. The van der Waals surface area contributed by atoms with E-state index < -0.39 is 0 Å². The Morgan fingerprint density at radius 3 is 2.80 bits per heavy atom. The summed E-state index contributed by atoms with van der Waals surface area (Å²) >= 11 is 4.91. The van der Waals surface area contributed by atoms with Gasteiger partial charge in [0.2, 0.25) is 0 Å². The lowest BCUT2D eigenvalue weighted by molar-refractivity contribution is 0.241. The smallest absolute Gasteiger partial charge is 0.181 e. The highest BCUT2D eigenvalue weighted by Gasteiger charge is 2.19. The summed E-state index contributed by atoms with van der Waals surface area (Å²) in [6.45, 7) is 0. The molecule has 0 fully saturated rings. The van der Waals surface area contributed by atoms with Crippen LogP contribution in [0.15, 0.2) is 23.7 Å². The van der Waals surface area contributed by atoms with Crippen LogP contribution in [0.1, 0.15) is 6.42 Å². The number of hydrogen-bond acceptors (Lipinski definition) is 4. The molecular formula is C9H15N3O2S. The van der Waals surface area contributed by atoms with Gasteiger partial charge in [0, 0.05) is 6.08 Å². The van der Waals surface area contributed by atoms with Gasteiger partial charge in [-0.1, -0.05) is 0 Å². The Balaban J connectivity index is 2.66. The normalized spacial score (nSPS) is 19.8. The van der Waals surface area contributed by atoms with Crippen molar-refractivity contribution < 1.29 is 9.47 Å². The second-order valence-electron chi connectivity index (χ2n) is 2.97. The molecule has 15 heavy (non-hydrogen) atoms. The number of rotatable bonds is 3. The molecule has 0 aliphatic heterocycles. The summed E-state index contributed by atoms with van der Waals surface area (Å²) in [6, 6.07) is -0.00236. The van der Waals surface area contributed by atoms with Crippen molar-refractivity contribution in [2.75, 3.05) is 14.2 Å². The van der Waals surface area contributed by atoms with E-state index in [1.165, 1.54) is 0 Å². The summed E-state index contributed by atoms with van der Waals surface area (Å²) in [5.41, 5.74) is 2.37. The van der Waals surface area contributed by atoms with Gasteiger partial charge in [-0.15, -0.1) is 0 Å². The Morgan fingerprint density at radius 1 is 1.53 bits per heavy atom. The number of nitrogens with one attached hydrogen (secondary N) is 2. The van der Waals surface area contributed by atoms with Gasteiger partial charge < -0.3 is 20.2 Å². The molecule has 5 nitrogen and oxygen atoms in total. The van der Waals surface area contributed by atoms with Crippen LogP contribution >= 0.6 is 12.2 Å². The molecule has 0 aromatic heterocycles. The molecule has 0 aromatic rings. The minimum atomic E-state index is -0.00236. The van der Waals surface area contributed by atoms with Crippen LogP contribution in [0.25, 0.3) is 0 Å². The predicted molar refractivity (Wildman–Crippen MR) is 61.6 cm³/mol. The van der Waals surface area contributed by atoms with Crippen molar-refractivity contribution in [2.24, 2.45) is 5.84 Å². The van der Waals surface area contributed by atoms with Crippen molar-refractivity contribution in [2.45, 2.75) is 12.5 Å². The first-order valence-corrected chi connectivity index (χ1v) is 4.89. The van der Waals surface area contributed by atoms with Gasteiger partial charge in [0.25, 0.3) is 0 Å². The van der Waals surface area contributed by atoms with Crippen molar-refractivity contribution in [3.8, 4) is 0 Å². The molecule has 6 heteroatoms. The molecule has 1 aliphatic carbocycles. The molecule has 1 rings (SSSR count). The van der Waals surface area contributed by atoms with Crippen LogP contribution in [0.2, 0.25) is 0 Å². The zero-order valence-corrected chi connectivity index (χ0v) is 9.56. The number of allylic oxidation sites excluding steroid dienone is 1. The quantitative estimate of drug-likeness (QED) is 0.364. The van der Waals surface area contributed by atoms with Crippen LogP contribution in [0.3, 0.4) is 0 Å². The molecule has 1 unspecified atom stereocenters. The zero-order valence-electron chi connectivity index (χ0n) is 8.74. The van der Waals surface area contributed by atoms with Crippen LogP contribution in [0.5, 0.6) is 0 Å². The second-order valence-corrected chi connectivity index (χ2v) is 3.38. The fraction of sp³-hybridized carbons (Fsp3) is 0.444. The fourth-order valence-corrected chi connectivity index (χ4v) is 1.47. The van der Waals surface area contributed by atoms with Gasteiger partial charge in [0.15, 0.2) is 5.11 Å². The highest BCUT2D eigenvalue weighted by atomic mass is 32.1. The summed E-state index contributed by atoms with van der Waals surface area (Å²) in [5, 5.41) is 3.40. The molecule has 4 N–H and O–H groups in total. The molecule has 0 radical (unpaired) electrons. The van der Waals surface area contributed by atoms with Gasteiger partial charge in [-0.25, -0.2) is 5.84 Å². The fourth-order valence-electron chi connectivity index (χ4n) is 1.32. The first-order valence-electron chi connectivity index (χ1n) is 4.48. The van der Waals surface area contributed by atoms with E-state index in [0.29, 0.717) is 5.11 Å². The van der Waals surface area contributed by atoms with Crippen molar-refractivity contribution in [3.63, 3.8) is 0 Å². The van der Waals surface area contributed by atoms with Crippen LogP contribution in [-0.4, -0.2) is 25.4 Å². The molecule has 0 spiro atoms. The first-order chi connectivity index (χ1) is 7.21. The lowest BCUT2D eigenvalue weighted by atomic mass is 10.1. The van der Waals surface area contributed by atoms with E-state index in [1.54, 1.807) is 14.2 Å². The first kappa shape index (κ1) is 11.8. The molecule has 0 amide bonds. The summed E-state index contributed by atoms with van der Waals surface area (Å²) in [7, 11) is 3.23. The standard InChI is InChI=1S/C9H15N3O2S/c1-13-6-3-4-7(8(5-6)14-2)11-9(15)12-10/h3,5,7H,4,10H2,1-2H3,(H2,11,12,15). The molecule has 0 heterocycles. The number of methoxy groups -OCH3 is 2. The van der Waals surface area contributed by atoms with Gasteiger partial charge in [0.1, 0.15) is 11.5 Å². The molecule has 0 saturated heterocycles. The van der Waals surface area contributed by atoms with Crippen LogP contribution in [-0.2, 0) is 9.47 Å². The van der Waals surface area contributed by atoms with Crippen molar-refractivity contribution >= 4 is 17.3 Å². The third-order valence-electron chi connectivity index (χ3n) is 2.09. The van der Waals surface area contributed by atoms with Gasteiger partial charge in [-0.05, 0) is 24.7 Å². The third-order valence-corrected chi connectivity index (χ3v) is 2.33. The van der Waals surface area contributed by atoms with Crippen molar-refractivity contribution in [1.29, 1.82) is 0 Å². The lowest BCUT2D eigenvalue weighted by Gasteiger charge is -2.24. The Hall–Kier alpha value is -1.27.